The zero-order chi connectivity index (χ0) is 18.1. The molecule has 25 heavy (non-hydrogen) atoms. The number of phenolic OH excluding ortho intramolecular Hbond substituents is 4. The quantitative estimate of drug-likeness (QED) is 0.313. The molecule has 0 spiro atoms. The lowest BCUT2D eigenvalue weighted by Gasteiger charge is -2.08. The third kappa shape index (κ3) is 3.15. The maximum absolute atomic E-state index is 12.4. The standard InChI is InChI=1S/C16H12ClN3O5/c17-10-4-8(12(22)5-13(10)23)15-9(6-18-20-15)16(25)19-7-1-2-11(21)14(24)3-7/h1-6,21-24H,(H,18,20)(H,19,25). The summed E-state index contributed by atoms with van der Waals surface area (Å²) in [6, 6.07) is 6.15. The van der Waals surface area contributed by atoms with E-state index in [1.54, 1.807) is 0 Å². The molecular weight excluding hydrogens is 350 g/mol. The number of amides is 1. The minimum atomic E-state index is -0.572. The zero-order valence-electron chi connectivity index (χ0n) is 12.5. The van der Waals surface area contributed by atoms with Crippen LogP contribution < -0.4 is 5.32 Å². The van der Waals surface area contributed by atoms with Crippen molar-refractivity contribution >= 4 is 23.2 Å². The first-order valence-corrected chi connectivity index (χ1v) is 7.33. The van der Waals surface area contributed by atoms with Crippen LogP contribution in [-0.4, -0.2) is 36.5 Å². The van der Waals surface area contributed by atoms with Crippen LogP contribution in [0.2, 0.25) is 5.02 Å². The Morgan fingerprint density at radius 3 is 2.48 bits per heavy atom. The Kier molecular flexibility index (Phi) is 4.12. The summed E-state index contributed by atoms with van der Waals surface area (Å²) < 4.78 is 0. The van der Waals surface area contributed by atoms with E-state index in [-0.39, 0.29) is 50.5 Å². The zero-order valence-corrected chi connectivity index (χ0v) is 13.2. The average molecular weight is 362 g/mol. The number of rotatable bonds is 3. The van der Waals surface area contributed by atoms with E-state index in [0.717, 1.165) is 6.07 Å². The van der Waals surface area contributed by atoms with Gasteiger partial charge in [0.05, 0.1) is 10.6 Å². The highest BCUT2D eigenvalue weighted by Gasteiger charge is 2.20. The van der Waals surface area contributed by atoms with E-state index >= 15 is 0 Å². The third-order valence-corrected chi connectivity index (χ3v) is 3.74. The molecule has 1 aromatic heterocycles. The van der Waals surface area contributed by atoms with Crippen molar-refractivity contribution in [3.63, 3.8) is 0 Å². The summed E-state index contributed by atoms with van der Waals surface area (Å²) >= 11 is 5.85. The van der Waals surface area contributed by atoms with Gasteiger partial charge in [-0.2, -0.15) is 5.10 Å². The van der Waals surface area contributed by atoms with Crippen LogP contribution in [0.25, 0.3) is 11.3 Å². The number of aromatic amines is 1. The normalized spacial score (nSPS) is 10.6. The third-order valence-electron chi connectivity index (χ3n) is 3.44. The summed E-state index contributed by atoms with van der Waals surface area (Å²) in [6.07, 6.45) is 1.32. The SMILES string of the molecule is O=C(Nc1ccc(O)c(O)c1)c1c[nH]nc1-c1cc(Cl)c(O)cc1O. The maximum atomic E-state index is 12.4. The Morgan fingerprint density at radius 1 is 1.00 bits per heavy atom. The monoisotopic (exact) mass is 361 g/mol. The molecule has 0 unspecified atom stereocenters. The van der Waals surface area contributed by atoms with E-state index in [4.69, 9.17) is 11.6 Å². The van der Waals surface area contributed by atoms with E-state index in [1.807, 2.05) is 0 Å². The first kappa shape index (κ1) is 16.5. The fourth-order valence-corrected chi connectivity index (χ4v) is 2.37. The van der Waals surface area contributed by atoms with Crippen LogP contribution in [0.1, 0.15) is 10.4 Å². The molecule has 0 aliphatic rings. The molecule has 2 aromatic carbocycles. The van der Waals surface area contributed by atoms with Crippen LogP contribution in [-0.2, 0) is 0 Å². The predicted molar refractivity (Wildman–Crippen MR) is 90.1 cm³/mol. The van der Waals surface area contributed by atoms with Crippen molar-refractivity contribution in [2.75, 3.05) is 5.32 Å². The minimum Gasteiger partial charge on any atom is -0.507 e. The van der Waals surface area contributed by atoms with Gasteiger partial charge in [0, 0.05) is 29.6 Å². The molecule has 8 nitrogen and oxygen atoms in total. The van der Waals surface area contributed by atoms with Crippen LogP contribution in [0, 0.1) is 0 Å². The highest BCUT2D eigenvalue weighted by atomic mass is 35.5. The second-order valence-corrected chi connectivity index (χ2v) is 5.53. The Balaban J connectivity index is 1.95. The summed E-state index contributed by atoms with van der Waals surface area (Å²) in [4.78, 5) is 12.4. The predicted octanol–water partition coefficient (Wildman–Crippen LogP) is 2.80. The number of hydrogen-bond donors (Lipinski definition) is 6. The lowest BCUT2D eigenvalue weighted by atomic mass is 10.1. The molecule has 0 saturated carbocycles. The molecule has 0 aliphatic carbocycles. The topological polar surface area (TPSA) is 139 Å². The number of phenols is 4. The number of anilines is 1. The first-order chi connectivity index (χ1) is 11.9. The molecule has 128 valence electrons. The van der Waals surface area contributed by atoms with E-state index in [2.05, 4.69) is 15.5 Å². The van der Waals surface area contributed by atoms with E-state index in [1.165, 1.54) is 30.5 Å². The van der Waals surface area contributed by atoms with Gasteiger partial charge < -0.3 is 25.7 Å². The Hall–Kier alpha value is -3.39. The highest BCUT2D eigenvalue weighted by Crippen LogP contribution is 2.37. The van der Waals surface area contributed by atoms with Crippen molar-refractivity contribution < 1.29 is 25.2 Å². The van der Waals surface area contributed by atoms with E-state index in [9.17, 15) is 25.2 Å². The Morgan fingerprint density at radius 2 is 1.76 bits per heavy atom. The second kappa shape index (κ2) is 6.25. The van der Waals surface area contributed by atoms with Gasteiger partial charge in [-0.25, -0.2) is 0 Å². The van der Waals surface area contributed by atoms with Gasteiger partial charge in [0.25, 0.3) is 5.91 Å². The molecule has 0 fully saturated rings. The van der Waals surface area contributed by atoms with Gasteiger partial charge in [-0.3, -0.25) is 9.89 Å². The van der Waals surface area contributed by atoms with Gasteiger partial charge in [-0.05, 0) is 18.2 Å². The number of carbonyl (C=O) groups is 1. The second-order valence-electron chi connectivity index (χ2n) is 5.13. The molecule has 6 N–H and O–H groups in total. The molecule has 0 bridgehead atoms. The number of aromatic nitrogens is 2. The van der Waals surface area contributed by atoms with Crippen LogP contribution in [0.3, 0.4) is 0 Å². The van der Waals surface area contributed by atoms with Gasteiger partial charge in [-0.1, -0.05) is 11.6 Å². The van der Waals surface area contributed by atoms with Gasteiger partial charge >= 0.3 is 0 Å². The summed E-state index contributed by atoms with van der Waals surface area (Å²) in [7, 11) is 0. The van der Waals surface area contributed by atoms with E-state index < -0.39 is 5.91 Å². The number of hydrogen-bond acceptors (Lipinski definition) is 6. The maximum Gasteiger partial charge on any atom is 0.259 e. The largest absolute Gasteiger partial charge is 0.507 e. The summed E-state index contributed by atoms with van der Waals surface area (Å²) in [5, 5.41) is 47.2. The molecule has 3 rings (SSSR count). The molecule has 9 heteroatoms. The number of halogens is 1. The highest BCUT2D eigenvalue weighted by molar-refractivity contribution is 6.32. The van der Waals surface area contributed by atoms with Crippen LogP contribution >= 0.6 is 11.6 Å². The van der Waals surface area contributed by atoms with Crippen molar-refractivity contribution in [1.29, 1.82) is 0 Å². The van der Waals surface area contributed by atoms with Gasteiger partial charge in [0.2, 0.25) is 0 Å². The Labute approximate surface area is 145 Å². The molecule has 0 radical (unpaired) electrons. The molecular formula is C16H12ClN3O5. The van der Waals surface area contributed by atoms with E-state index in [0.29, 0.717) is 0 Å². The molecule has 1 heterocycles. The van der Waals surface area contributed by atoms with Crippen molar-refractivity contribution in [1.82, 2.24) is 10.2 Å². The summed E-state index contributed by atoms with van der Waals surface area (Å²) in [6.45, 7) is 0. The van der Waals surface area contributed by atoms with Crippen molar-refractivity contribution in [2.24, 2.45) is 0 Å². The van der Waals surface area contributed by atoms with Crippen LogP contribution in [0.15, 0.2) is 36.5 Å². The van der Waals surface area contributed by atoms with Crippen LogP contribution in [0.4, 0.5) is 5.69 Å². The number of H-pyrrole nitrogens is 1. The fourth-order valence-electron chi connectivity index (χ4n) is 2.21. The van der Waals surface area contributed by atoms with Crippen molar-refractivity contribution in [3.05, 3.63) is 47.1 Å². The average Bonchev–Trinajstić information content (AvgIpc) is 3.04. The lowest BCUT2D eigenvalue weighted by molar-refractivity contribution is 0.102. The molecule has 0 saturated heterocycles. The first-order valence-electron chi connectivity index (χ1n) is 6.95. The van der Waals surface area contributed by atoms with Gasteiger partial charge in [0.1, 0.15) is 17.2 Å². The van der Waals surface area contributed by atoms with Gasteiger partial charge in [-0.15, -0.1) is 0 Å². The van der Waals surface area contributed by atoms with Crippen molar-refractivity contribution in [3.8, 4) is 34.3 Å². The van der Waals surface area contributed by atoms with Gasteiger partial charge in [0.15, 0.2) is 11.5 Å². The summed E-state index contributed by atoms with van der Waals surface area (Å²) in [5.41, 5.74) is 0.632. The number of benzene rings is 2. The van der Waals surface area contributed by atoms with Crippen molar-refractivity contribution in [2.45, 2.75) is 0 Å². The van der Waals surface area contributed by atoms with Crippen LogP contribution in [0.5, 0.6) is 23.0 Å². The summed E-state index contributed by atoms with van der Waals surface area (Å²) in [5.74, 6) is -1.87. The smallest absolute Gasteiger partial charge is 0.259 e. The fraction of sp³-hybridized carbons (Fsp3) is 0. The number of nitrogens with one attached hydrogen (secondary N) is 2. The minimum absolute atomic E-state index is 0.00869. The number of nitrogens with zero attached hydrogens (tertiary/aromatic N) is 1. The molecule has 1 amide bonds. The number of carbonyl (C=O) groups excluding carboxylic acids is 1. The molecule has 0 aliphatic heterocycles. The number of aromatic hydroxyl groups is 4. The molecule has 0 atom stereocenters. The Bertz CT molecular complexity index is 970. The lowest BCUT2D eigenvalue weighted by Crippen LogP contribution is -2.12. The molecule has 3 aromatic rings.